The lowest BCUT2D eigenvalue weighted by molar-refractivity contribution is 0.631. The van der Waals surface area contributed by atoms with Crippen molar-refractivity contribution in [2.24, 2.45) is 0 Å². The summed E-state index contributed by atoms with van der Waals surface area (Å²) < 4.78 is 3.33. The van der Waals surface area contributed by atoms with Gasteiger partial charge in [-0.3, -0.25) is 4.68 Å². The molecular formula is C12H19BrN2S. The van der Waals surface area contributed by atoms with Crippen LogP contribution >= 0.6 is 27.7 Å². The van der Waals surface area contributed by atoms with Gasteiger partial charge in [-0.15, -0.1) is 0 Å². The number of aryl methyl sites for hydroxylation is 2. The lowest BCUT2D eigenvalue weighted by atomic mass is 10.4. The molecule has 0 saturated heterocycles. The second-order valence-corrected chi connectivity index (χ2v) is 6.46. The van der Waals surface area contributed by atoms with Crippen molar-refractivity contribution in [3.63, 3.8) is 0 Å². The Morgan fingerprint density at radius 2 is 2.12 bits per heavy atom. The first-order valence-electron chi connectivity index (χ1n) is 6.05. The molecule has 2 rings (SSSR count). The van der Waals surface area contributed by atoms with Crippen molar-refractivity contribution in [3.05, 3.63) is 15.9 Å². The summed E-state index contributed by atoms with van der Waals surface area (Å²) in [6.45, 7) is 5.19. The van der Waals surface area contributed by atoms with Crippen LogP contribution in [0.1, 0.15) is 44.0 Å². The Labute approximate surface area is 110 Å². The highest BCUT2D eigenvalue weighted by Crippen LogP contribution is 2.33. The molecule has 0 bridgehead atoms. The molecule has 1 aromatic heterocycles. The van der Waals surface area contributed by atoms with E-state index < -0.39 is 0 Å². The number of aromatic nitrogens is 2. The molecule has 0 unspecified atom stereocenters. The van der Waals surface area contributed by atoms with Crippen LogP contribution in [-0.2, 0) is 12.3 Å². The minimum Gasteiger partial charge on any atom is -0.268 e. The van der Waals surface area contributed by atoms with Gasteiger partial charge in [0, 0.05) is 17.5 Å². The van der Waals surface area contributed by atoms with Gasteiger partial charge in [-0.2, -0.15) is 16.9 Å². The first-order chi connectivity index (χ1) is 7.72. The molecule has 4 heteroatoms. The third-order valence-corrected chi connectivity index (χ3v) is 5.63. The zero-order valence-electron chi connectivity index (χ0n) is 10.0. The van der Waals surface area contributed by atoms with E-state index >= 15 is 0 Å². The molecule has 1 aromatic rings. The molecule has 1 aliphatic rings. The van der Waals surface area contributed by atoms with Crippen LogP contribution in [0.2, 0.25) is 0 Å². The summed E-state index contributed by atoms with van der Waals surface area (Å²) in [7, 11) is 0. The van der Waals surface area contributed by atoms with E-state index in [1.165, 1.54) is 35.8 Å². The molecule has 90 valence electrons. The smallest absolute Gasteiger partial charge is 0.0739 e. The normalized spacial score (nSPS) is 17.2. The second-order valence-electron chi connectivity index (χ2n) is 4.38. The van der Waals surface area contributed by atoms with Gasteiger partial charge in [-0.05, 0) is 42.6 Å². The fraction of sp³-hybridized carbons (Fsp3) is 0.750. The number of thioether (sulfide) groups is 1. The van der Waals surface area contributed by atoms with Gasteiger partial charge >= 0.3 is 0 Å². The minimum atomic E-state index is 0.882. The first-order valence-corrected chi connectivity index (χ1v) is 7.90. The number of hydrogen-bond acceptors (Lipinski definition) is 2. The summed E-state index contributed by atoms with van der Waals surface area (Å²) in [6, 6.07) is 0. The fourth-order valence-electron chi connectivity index (χ4n) is 2.26. The molecule has 0 spiro atoms. The molecule has 1 fully saturated rings. The van der Waals surface area contributed by atoms with Crippen molar-refractivity contribution in [2.75, 3.05) is 0 Å². The van der Waals surface area contributed by atoms with Gasteiger partial charge in [0.25, 0.3) is 0 Å². The molecule has 0 radical (unpaired) electrons. The van der Waals surface area contributed by atoms with E-state index in [0.717, 1.165) is 23.2 Å². The van der Waals surface area contributed by atoms with Crippen LogP contribution < -0.4 is 0 Å². The molecule has 2 nitrogen and oxygen atoms in total. The van der Waals surface area contributed by atoms with E-state index in [9.17, 15) is 0 Å². The predicted molar refractivity (Wildman–Crippen MR) is 73.9 cm³/mol. The Balaban J connectivity index is 2.01. The van der Waals surface area contributed by atoms with Crippen molar-refractivity contribution >= 4 is 27.7 Å². The summed E-state index contributed by atoms with van der Waals surface area (Å²) in [5.74, 6) is 1.10. The lowest BCUT2D eigenvalue weighted by Gasteiger charge is -2.10. The molecule has 0 N–H and O–H groups in total. The Morgan fingerprint density at radius 1 is 1.44 bits per heavy atom. The van der Waals surface area contributed by atoms with Crippen molar-refractivity contribution in [1.29, 1.82) is 0 Å². The van der Waals surface area contributed by atoms with Crippen molar-refractivity contribution in [2.45, 2.75) is 57.1 Å². The Morgan fingerprint density at radius 3 is 2.75 bits per heavy atom. The molecule has 0 amide bonds. The maximum atomic E-state index is 4.53. The third kappa shape index (κ3) is 2.65. The van der Waals surface area contributed by atoms with Crippen molar-refractivity contribution < 1.29 is 0 Å². The molecular weight excluding hydrogens is 284 g/mol. The number of nitrogens with zero attached hydrogens (tertiary/aromatic N) is 2. The average molecular weight is 303 g/mol. The Bertz CT molecular complexity index is 356. The monoisotopic (exact) mass is 302 g/mol. The maximum absolute atomic E-state index is 4.53. The average Bonchev–Trinajstić information content (AvgIpc) is 2.87. The largest absolute Gasteiger partial charge is 0.268 e. The maximum Gasteiger partial charge on any atom is 0.0739 e. The van der Waals surface area contributed by atoms with E-state index in [1.807, 2.05) is 0 Å². The highest BCUT2D eigenvalue weighted by molar-refractivity contribution is 9.10. The molecule has 0 aromatic carbocycles. The van der Waals surface area contributed by atoms with Crippen LogP contribution in [0.4, 0.5) is 0 Å². The standard InChI is InChI=1S/C12H19BrN2S/c1-3-15-11(12(13)9(2)14-15)8-16-10-6-4-5-7-10/h10H,3-8H2,1-2H3. The molecule has 16 heavy (non-hydrogen) atoms. The molecule has 0 atom stereocenters. The summed E-state index contributed by atoms with van der Waals surface area (Å²) in [4.78, 5) is 0. The topological polar surface area (TPSA) is 17.8 Å². The van der Waals surface area contributed by atoms with E-state index in [0.29, 0.717) is 0 Å². The van der Waals surface area contributed by atoms with E-state index in [4.69, 9.17) is 0 Å². The number of hydrogen-bond donors (Lipinski definition) is 0. The van der Waals surface area contributed by atoms with E-state index in [2.05, 4.69) is 51.3 Å². The van der Waals surface area contributed by atoms with Crippen LogP contribution in [0, 0.1) is 6.92 Å². The number of halogens is 1. The van der Waals surface area contributed by atoms with Gasteiger partial charge < -0.3 is 0 Å². The summed E-state index contributed by atoms with van der Waals surface area (Å²) >= 11 is 5.76. The van der Waals surface area contributed by atoms with Crippen molar-refractivity contribution in [1.82, 2.24) is 9.78 Å². The summed E-state index contributed by atoms with van der Waals surface area (Å²) in [6.07, 6.45) is 5.65. The van der Waals surface area contributed by atoms with Gasteiger partial charge in [0.15, 0.2) is 0 Å². The zero-order valence-corrected chi connectivity index (χ0v) is 12.4. The van der Waals surface area contributed by atoms with Crippen molar-refractivity contribution in [3.8, 4) is 0 Å². The van der Waals surface area contributed by atoms with Gasteiger partial charge in [-0.25, -0.2) is 0 Å². The predicted octanol–water partition coefficient (Wildman–Crippen LogP) is 4.15. The van der Waals surface area contributed by atoms with Crippen LogP contribution in [0.5, 0.6) is 0 Å². The molecule has 1 saturated carbocycles. The Hall–Kier alpha value is 0.0400. The number of rotatable bonds is 4. The SMILES string of the molecule is CCn1nc(C)c(Br)c1CSC1CCCC1. The molecule has 1 aliphatic carbocycles. The zero-order chi connectivity index (χ0) is 11.5. The lowest BCUT2D eigenvalue weighted by Crippen LogP contribution is -2.03. The highest BCUT2D eigenvalue weighted by Gasteiger charge is 2.18. The quantitative estimate of drug-likeness (QED) is 0.831. The van der Waals surface area contributed by atoms with Crippen LogP contribution in [0.25, 0.3) is 0 Å². The van der Waals surface area contributed by atoms with Gasteiger partial charge in [-0.1, -0.05) is 12.8 Å². The Kier molecular flexibility index (Phi) is 4.36. The summed E-state index contributed by atoms with van der Waals surface area (Å²) in [5.41, 5.74) is 2.47. The summed E-state index contributed by atoms with van der Waals surface area (Å²) in [5, 5.41) is 5.41. The molecule has 0 aliphatic heterocycles. The second kappa shape index (κ2) is 5.58. The molecule has 1 heterocycles. The minimum absolute atomic E-state index is 0.882. The van der Waals surface area contributed by atoms with Crippen LogP contribution in [-0.4, -0.2) is 15.0 Å². The fourth-order valence-corrected chi connectivity index (χ4v) is 4.22. The first kappa shape index (κ1) is 12.5. The van der Waals surface area contributed by atoms with Gasteiger partial charge in [0.1, 0.15) is 0 Å². The highest BCUT2D eigenvalue weighted by atomic mass is 79.9. The van der Waals surface area contributed by atoms with Gasteiger partial charge in [0.05, 0.1) is 15.9 Å². The van der Waals surface area contributed by atoms with Gasteiger partial charge in [0.2, 0.25) is 0 Å². The van der Waals surface area contributed by atoms with Crippen LogP contribution in [0.15, 0.2) is 4.47 Å². The van der Waals surface area contributed by atoms with E-state index in [1.54, 1.807) is 0 Å². The van der Waals surface area contributed by atoms with E-state index in [-0.39, 0.29) is 0 Å². The van der Waals surface area contributed by atoms with Crippen LogP contribution in [0.3, 0.4) is 0 Å². The third-order valence-electron chi connectivity index (χ3n) is 3.21.